The number of nitrogens with zero attached hydrogens (tertiary/aromatic N) is 2. The largest absolute Gasteiger partial charge is 0.274 e. The summed E-state index contributed by atoms with van der Waals surface area (Å²) in [6.45, 7) is 7.56. The van der Waals surface area contributed by atoms with Crippen molar-refractivity contribution in [1.29, 1.82) is 5.26 Å². The smallest absolute Gasteiger partial charge is 0.267 e. The van der Waals surface area contributed by atoms with Crippen molar-refractivity contribution >= 4 is 11.6 Å². The average molecular weight is 227 g/mol. The number of amides is 1. The Morgan fingerprint density at radius 1 is 1.41 bits per heavy atom. The first-order chi connectivity index (χ1) is 7.98. The van der Waals surface area contributed by atoms with Gasteiger partial charge in [0.25, 0.3) is 5.91 Å². The molecular weight excluding hydrogens is 214 g/mol. The van der Waals surface area contributed by atoms with Crippen molar-refractivity contribution in [3.8, 4) is 6.07 Å². The standard InChI is InChI=1S/C13H13N3O/c1-9-12(17)15-16(13(9,2)3)11-7-5-4-6-10(11)8-14/h4-7H,1H2,2-3H3,(H,15,17). The summed E-state index contributed by atoms with van der Waals surface area (Å²) in [6.07, 6.45) is 0. The van der Waals surface area contributed by atoms with Gasteiger partial charge in [0.15, 0.2) is 0 Å². The van der Waals surface area contributed by atoms with Gasteiger partial charge in [0.05, 0.1) is 16.8 Å². The molecule has 0 radical (unpaired) electrons. The maximum atomic E-state index is 11.6. The molecule has 0 bridgehead atoms. The molecule has 86 valence electrons. The number of carbonyl (C=O) groups is 1. The van der Waals surface area contributed by atoms with Gasteiger partial charge in [-0.2, -0.15) is 5.26 Å². The first-order valence-corrected chi connectivity index (χ1v) is 5.28. The van der Waals surface area contributed by atoms with Gasteiger partial charge < -0.3 is 0 Å². The molecule has 1 aromatic carbocycles. The summed E-state index contributed by atoms with van der Waals surface area (Å²) in [6, 6.07) is 9.27. The van der Waals surface area contributed by atoms with Gasteiger partial charge in [0.2, 0.25) is 0 Å². The lowest BCUT2D eigenvalue weighted by Crippen LogP contribution is -2.45. The van der Waals surface area contributed by atoms with Crippen LogP contribution in [-0.2, 0) is 4.79 Å². The quantitative estimate of drug-likeness (QED) is 0.743. The van der Waals surface area contributed by atoms with Gasteiger partial charge in [-0.15, -0.1) is 0 Å². The third-order valence-corrected chi connectivity index (χ3v) is 3.05. The zero-order valence-electron chi connectivity index (χ0n) is 9.82. The fourth-order valence-electron chi connectivity index (χ4n) is 1.85. The number of nitriles is 1. The molecule has 0 atom stereocenters. The number of hydrogen-bond donors (Lipinski definition) is 1. The topological polar surface area (TPSA) is 56.1 Å². The van der Waals surface area contributed by atoms with Crippen molar-refractivity contribution in [2.45, 2.75) is 19.4 Å². The van der Waals surface area contributed by atoms with Gasteiger partial charge in [-0.05, 0) is 26.0 Å². The molecule has 1 aliphatic rings. The molecule has 1 N–H and O–H groups in total. The summed E-state index contributed by atoms with van der Waals surface area (Å²) in [5, 5.41) is 10.8. The monoisotopic (exact) mass is 227 g/mol. The zero-order chi connectivity index (χ0) is 12.6. The molecule has 0 unspecified atom stereocenters. The lowest BCUT2D eigenvalue weighted by Gasteiger charge is -2.32. The van der Waals surface area contributed by atoms with E-state index in [0.717, 1.165) is 0 Å². The predicted molar refractivity (Wildman–Crippen MR) is 65.0 cm³/mol. The summed E-state index contributed by atoms with van der Waals surface area (Å²) in [7, 11) is 0. The molecule has 4 nitrogen and oxygen atoms in total. The fourth-order valence-corrected chi connectivity index (χ4v) is 1.85. The van der Waals surface area contributed by atoms with Gasteiger partial charge in [-0.3, -0.25) is 15.2 Å². The third-order valence-electron chi connectivity index (χ3n) is 3.05. The van der Waals surface area contributed by atoms with Crippen LogP contribution in [0.5, 0.6) is 0 Å². The van der Waals surface area contributed by atoms with E-state index in [1.54, 1.807) is 23.2 Å². The van der Waals surface area contributed by atoms with Crippen LogP contribution >= 0.6 is 0 Å². The summed E-state index contributed by atoms with van der Waals surface area (Å²) in [5.41, 5.74) is 3.89. The maximum absolute atomic E-state index is 11.6. The van der Waals surface area contributed by atoms with E-state index in [1.165, 1.54) is 0 Å². The van der Waals surface area contributed by atoms with Crippen LogP contribution in [0.3, 0.4) is 0 Å². The number of hydrazine groups is 1. The second kappa shape index (κ2) is 3.63. The first-order valence-electron chi connectivity index (χ1n) is 5.28. The van der Waals surface area contributed by atoms with E-state index >= 15 is 0 Å². The summed E-state index contributed by atoms with van der Waals surface area (Å²) in [5.74, 6) is -0.206. The number of nitrogens with one attached hydrogen (secondary N) is 1. The van der Waals surface area contributed by atoms with Crippen LogP contribution in [0.2, 0.25) is 0 Å². The summed E-state index contributed by atoms with van der Waals surface area (Å²) < 4.78 is 0. The summed E-state index contributed by atoms with van der Waals surface area (Å²) in [4.78, 5) is 11.6. The number of rotatable bonds is 1. The SMILES string of the molecule is C=C1C(=O)NN(c2ccccc2C#N)C1(C)C. The van der Waals surface area contributed by atoms with Crippen molar-refractivity contribution in [1.82, 2.24) is 5.43 Å². The molecular formula is C13H13N3O. The average Bonchev–Trinajstić information content (AvgIpc) is 2.53. The molecule has 4 heteroatoms. The van der Waals surface area contributed by atoms with Gasteiger partial charge in [0.1, 0.15) is 6.07 Å². The van der Waals surface area contributed by atoms with E-state index in [0.29, 0.717) is 16.8 Å². The Labute approximate surface area is 100 Å². The van der Waals surface area contributed by atoms with Crippen molar-refractivity contribution in [3.63, 3.8) is 0 Å². The molecule has 1 aliphatic heterocycles. The van der Waals surface area contributed by atoms with E-state index in [9.17, 15) is 4.79 Å². The number of anilines is 1. The fraction of sp³-hybridized carbons (Fsp3) is 0.231. The van der Waals surface area contributed by atoms with Crippen molar-refractivity contribution in [3.05, 3.63) is 42.0 Å². The van der Waals surface area contributed by atoms with Crippen LogP contribution in [0, 0.1) is 11.3 Å². The van der Waals surface area contributed by atoms with Crippen LogP contribution in [0.15, 0.2) is 36.4 Å². The second-order valence-corrected chi connectivity index (χ2v) is 4.44. The Morgan fingerprint density at radius 2 is 2.06 bits per heavy atom. The Kier molecular flexibility index (Phi) is 2.40. The van der Waals surface area contributed by atoms with E-state index in [4.69, 9.17) is 5.26 Å². The second-order valence-electron chi connectivity index (χ2n) is 4.44. The molecule has 0 aromatic heterocycles. The Morgan fingerprint density at radius 3 is 2.59 bits per heavy atom. The highest BCUT2D eigenvalue weighted by Gasteiger charge is 2.42. The van der Waals surface area contributed by atoms with Gasteiger partial charge in [-0.25, -0.2) is 0 Å². The van der Waals surface area contributed by atoms with Gasteiger partial charge in [-0.1, -0.05) is 18.7 Å². The Bertz CT molecular complexity index is 540. The van der Waals surface area contributed by atoms with Gasteiger partial charge >= 0.3 is 0 Å². The molecule has 1 aromatic rings. The Hall–Kier alpha value is -2.28. The van der Waals surface area contributed by atoms with E-state index in [2.05, 4.69) is 18.1 Å². The first kappa shape index (κ1) is 11.2. The van der Waals surface area contributed by atoms with E-state index in [1.807, 2.05) is 19.9 Å². The minimum atomic E-state index is -0.538. The van der Waals surface area contributed by atoms with Crippen molar-refractivity contribution in [2.75, 3.05) is 5.01 Å². The highest BCUT2D eigenvalue weighted by Crippen LogP contribution is 2.33. The molecule has 1 heterocycles. The molecule has 0 aliphatic carbocycles. The lowest BCUT2D eigenvalue weighted by atomic mass is 9.95. The highest BCUT2D eigenvalue weighted by atomic mass is 16.2. The molecule has 1 fully saturated rings. The van der Waals surface area contributed by atoms with E-state index in [-0.39, 0.29) is 5.91 Å². The van der Waals surface area contributed by atoms with Crippen LogP contribution < -0.4 is 10.4 Å². The van der Waals surface area contributed by atoms with E-state index < -0.39 is 5.54 Å². The van der Waals surface area contributed by atoms with Crippen LogP contribution in [-0.4, -0.2) is 11.4 Å². The number of carbonyl (C=O) groups excluding carboxylic acids is 1. The molecule has 0 spiro atoms. The molecule has 17 heavy (non-hydrogen) atoms. The molecule has 1 amide bonds. The number of benzene rings is 1. The molecule has 2 rings (SSSR count). The van der Waals surface area contributed by atoms with Crippen LogP contribution in [0.1, 0.15) is 19.4 Å². The number of para-hydroxylation sites is 1. The summed E-state index contributed by atoms with van der Waals surface area (Å²) >= 11 is 0. The minimum absolute atomic E-state index is 0.206. The van der Waals surface area contributed by atoms with Crippen LogP contribution in [0.4, 0.5) is 5.69 Å². The van der Waals surface area contributed by atoms with Gasteiger partial charge in [0, 0.05) is 5.57 Å². The Balaban J connectivity index is 2.52. The lowest BCUT2D eigenvalue weighted by molar-refractivity contribution is -0.116. The number of hydrogen-bond acceptors (Lipinski definition) is 3. The highest BCUT2D eigenvalue weighted by molar-refractivity contribution is 6.00. The predicted octanol–water partition coefficient (Wildman–Crippen LogP) is 1.74. The maximum Gasteiger partial charge on any atom is 0.267 e. The van der Waals surface area contributed by atoms with Crippen molar-refractivity contribution in [2.24, 2.45) is 0 Å². The third kappa shape index (κ3) is 1.56. The zero-order valence-corrected chi connectivity index (χ0v) is 9.82. The van der Waals surface area contributed by atoms with Crippen LogP contribution in [0.25, 0.3) is 0 Å². The minimum Gasteiger partial charge on any atom is -0.274 e. The molecule has 1 saturated heterocycles. The molecule has 0 saturated carbocycles. The normalized spacial score (nSPS) is 17.8. The van der Waals surface area contributed by atoms with Crippen molar-refractivity contribution < 1.29 is 4.79 Å².